The molecule has 6 N–H and O–H groups in total. The highest BCUT2D eigenvalue weighted by atomic mass is 16.5. The predicted octanol–water partition coefficient (Wildman–Crippen LogP) is 3.24. The zero-order chi connectivity index (χ0) is 30.8. The highest BCUT2D eigenvalue weighted by molar-refractivity contribution is 5.78. The summed E-state index contributed by atoms with van der Waals surface area (Å²) >= 11 is 0. The van der Waals surface area contributed by atoms with Crippen LogP contribution in [-0.2, 0) is 19.1 Å². The lowest BCUT2D eigenvalue weighted by Gasteiger charge is -2.42. The van der Waals surface area contributed by atoms with Crippen LogP contribution in [0.25, 0.3) is 0 Å². The van der Waals surface area contributed by atoms with Crippen LogP contribution in [0.5, 0.6) is 0 Å². The summed E-state index contributed by atoms with van der Waals surface area (Å²) in [5.41, 5.74) is 6.18. The van der Waals surface area contributed by atoms with Crippen molar-refractivity contribution in [1.29, 1.82) is 0 Å². The number of carbonyl (C=O) groups excluding carboxylic acids is 2. The van der Waals surface area contributed by atoms with Crippen molar-refractivity contribution >= 4 is 11.9 Å². The molecule has 4 fully saturated rings. The van der Waals surface area contributed by atoms with Gasteiger partial charge in [-0.1, -0.05) is 39.0 Å². The van der Waals surface area contributed by atoms with E-state index >= 15 is 0 Å². The molecule has 248 valence electrons. The van der Waals surface area contributed by atoms with E-state index in [1.807, 2.05) is 4.90 Å². The highest BCUT2D eigenvalue weighted by Crippen LogP contribution is 2.39. The van der Waals surface area contributed by atoms with E-state index in [0.29, 0.717) is 43.6 Å². The molecule has 0 bridgehead atoms. The number of nitrogens with zero attached hydrogens (tertiary/aromatic N) is 1. The van der Waals surface area contributed by atoms with Crippen molar-refractivity contribution in [2.75, 3.05) is 19.6 Å². The summed E-state index contributed by atoms with van der Waals surface area (Å²) in [5, 5.41) is 24.4. The maximum atomic E-state index is 13.1. The van der Waals surface area contributed by atoms with Crippen LogP contribution >= 0.6 is 0 Å². The Bertz CT molecular complexity index is 854. The number of hydrogen-bond donors (Lipinski definition) is 4. The summed E-state index contributed by atoms with van der Waals surface area (Å²) in [6.45, 7) is 6.03. The van der Waals surface area contributed by atoms with Gasteiger partial charge in [0.05, 0.1) is 31.0 Å². The van der Waals surface area contributed by atoms with Gasteiger partial charge in [-0.15, -0.1) is 0 Å². The van der Waals surface area contributed by atoms with Crippen molar-refractivity contribution < 1.29 is 34.6 Å². The number of rotatable bonds is 16. The Morgan fingerprint density at radius 1 is 1.09 bits per heavy atom. The summed E-state index contributed by atoms with van der Waals surface area (Å²) in [6, 6.07) is 0. The number of unbranched alkanes of at least 4 members (excludes halogenated alkanes) is 2. The molecule has 2 saturated heterocycles. The molecule has 0 spiro atoms. The summed E-state index contributed by atoms with van der Waals surface area (Å²) in [7, 11) is 0. The molecule has 0 aromatic heterocycles. The molecule has 0 aromatic rings. The third-order valence-corrected chi connectivity index (χ3v) is 10.7. The number of ether oxygens (including phenoxy) is 2. The first-order valence-electron chi connectivity index (χ1n) is 17.8. The molecule has 6 unspecified atom stereocenters. The Labute approximate surface area is 260 Å². The van der Waals surface area contributed by atoms with Crippen molar-refractivity contribution in [2.24, 2.45) is 29.4 Å². The number of quaternary nitrogens is 1. The van der Waals surface area contributed by atoms with Gasteiger partial charge in [-0.25, -0.2) is 0 Å². The molecule has 4 rings (SSSR count). The van der Waals surface area contributed by atoms with Crippen LogP contribution in [0.2, 0.25) is 0 Å². The van der Waals surface area contributed by atoms with Crippen molar-refractivity contribution in [2.45, 2.75) is 160 Å². The highest BCUT2D eigenvalue weighted by Gasteiger charge is 2.42. The zero-order valence-electron chi connectivity index (χ0n) is 27.0. The van der Waals surface area contributed by atoms with Crippen LogP contribution in [0.15, 0.2) is 0 Å². The van der Waals surface area contributed by atoms with Crippen molar-refractivity contribution in [1.82, 2.24) is 4.90 Å². The number of carbonyl (C=O) groups is 2. The van der Waals surface area contributed by atoms with Gasteiger partial charge in [0.25, 0.3) is 0 Å². The molecule has 9 heteroatoms. The number of piperidine rings is 1. The first-order chi connectivity index (χ1) is 20.7. The molecule has 0 aromatic carbocycles. The van der Waals surface area contributed by atoms with Gasteiger partial charge >= 0.3 is 5.97 Å². The van der Waals surface area contributed by atoms with Crippen molar-refractivity contribution in [3.63, 3.8) is 0 Å². The van der Waals surface area contributed by atoms with Gasteiger partial charge in [0.15, 0.2) is 0 Å². The maximum Gasteiger partial charge on any atom is 0.302 e. The molecule has 2 saturated carbocycles. The number of likely N-dealkylation sites (tertiary alicyclic amines) is 1. The van der Waals surface area contributed by atoms with Crippen LogP contribution in [-0.4, -0.2) is 83.3 Å². The Morgan fingerprint density at radius 2 is 1.88 bits per heavy atom. The number of esters is 1. The number of aliphatic hydroxyl groups excluding tert-OH is 2. The number of amides is 1. The number of nitrogens with two attached hydrogens (primary N) is 2. The van der Waals surface area contributed by atoms with E-state index in [4.69, 9.17) is 15.2 Å². The Kier molecular flexibility index (Phi) is 14.0. The fourth-order valence-corrected chi connectivity index (χ4v) is 8.50. The van der Waals surface area contributed by atoms with Crippen LogP contribution in [0, 0.1) is 23.7 Å². The van der Waals surface area contributed by atoms with Gasteiger partial charge in [-0.05, 0) is 75.5 Å². The smallest absolute Gasteiger partial charge is 0.302 e. The van der Waals surface area contributed by atoms with E-state index < -0.39 is 12.2 Å². The first kappa shape index (κ1) is 34.6. The quantitative estimate of drug-likeness (QED) is 0.156. The average molecular weight is 609 g/mol. The SMILES string of the molecule is CCCCC[C@H](O)C[C@@H](CCC1CC(CN2C[C@@H](CC3CC[NH2+]C(N)C3)CC2=O)C(O)C(OC2CCCC2)C1)OC(C)=O. The van der Waals surface area contributed by atoms with E-state index in [2.05, 4.69) is 12.2 Å². The second-order valence-electron chi connectivity index (χ2n) is 14.5. The zero-order valence-corrected chi connectivity index (χ0v) is 27.0. The fourth-order valence-electron chi connectivity index (χ4n) is 8.50. The second kappa shape index (κ2) is 17.4. The summed E-state index contributed by atoms with van der Waals surface area (Å²) in [6.07, 6.45) is 14.7. The standard InChI is InChI=1S/C34H61N3O6/c1-3-4-5-8-28(39)20-30(42-23(2)38)12-11-24-16-27(34(41)31(17-24)43-29-9-6-7-10-29)22-37-21-26(19-33(37)40)15-25-13-14-36-32(35)18-25/h24-32,34,36,39,41H,3-22,35H2,1-2H3/p+1/t24?,25?,26-,27?,28-,30+,31?,32?,34?/m0/s1. The van der Waals surface area contributed by atoms with Gasteiger partial charge in [0, 0.05) is 45.2 Å². The normalized spacial score (nSPS) is 33.6. The first-order valence-corrected chi connectivity index (χ1v) is 17.8. The molecular formula is C34H62N3O6+. The Hall–Kier alpha value is -1.26. The van der Waals surface area contributed by atoms with Gasteiger partial charge in [-0.3, -0.25) is 15.3 Å². The third kappa shape index (κ3) is 11.2. The molecule has 2 aliphatic heterocycles. The maximum absolute atomic E-state index is 13.1. The lowest BCUT2D eigenvalue weighted by molar-refractivity contribution is -0.699. The molecule has 1 amide bonds. The van der Waals surface area contributed by atoms with E-state index in [1.165, 1.54) is 26.2 Å². The van der Waals surface area contributed by atoms with Gasteiger partial charge < -0.3 is 29.9 Å². The molecule has 0 radical (unpaired) electrons. The minimum atomic E-state index is -0.583. The average Bonchev–Trinajstić information content (AvgIpc) is 3.58. The minimum Gasteiger partial charge on any atom is -0.462 e. The largest absolute Gasteiger partial charge is 0.462 e. The lowest BCUT2D eigenvalue weighted by Crippen LogP contribution is -2.94. The van der Waals surface area contributed by atoms with Gasteiger partial charge in [-0.2, -0.15) is 0 Å². The summed E-state index contributed by atoms with van der Waals surface area (Å²) in [5.74, 6) is 1.16. The Morgan fingerprint density at radius 3 is 2.60 bits per heavy atom. The number of hydrogen-bond acceptors (Lipinski definition) is 7. The third-order valence-electron chi connectivity index (χ3n) is 10.7. The van der Waals surface area contributed by atoms with Gasteiger partial charge in [0.2, 0.25) is 5.91 Å². The molecule has 9 atom stereocenters. The predicted molar refractivity (Wildman–Crippen MR) is 166 cm³/mol. The van der Waals surface area contributed by atoms with E-state index in [-0.39, 0.29) is 42.3 Å². The monoisotopic (exact) mass is 608 g/mol. The number of aliphatic hydroxyl groups is 2. The molecule has 9 nitrogen and oxygen atoms in total. The van der Waals surface area contributed by atoms with Crippen LogP contribution < -0.4 is 11.1 Å². The molecule has 43 heavy (non-hydrogen) atoms. The minimum absolute atomic E-state index is 0.0302. The summed E-state index contributed by atoms with van der Waals surface area (Å²) < 4.78 is 12.2. The second-order valence-corrected chi connectivity index (χ2v) is 14.5. The van der Waals surface area contributed by atoms with E-state index in [9.17, 15) is 19.8 Å². The van der Waals surface area contributed by atoms with Gasteiger partial charge in [0.1, 0.15) is 12.3 Å². The topological polar surface area (TPSA) is 139 Å². The fraction of sp³-hybridized carbons (Fsp3) is 0.941. The van der Waals surface area contributed by atoms with Crippen molar-refractivity contribution in [3.8, 4) is 0 Å². The molecule has 4 aliphatic rings. The molecular weight excluding hydrogens is 546 g/mol. The molecule has 2 heterocycles. The van der Waals surface area contributed by atoms with E-state index in [1.54, 1.807) is 0 Å². The van der Waals surface area contributed by atoms with Crippen LogP contribution in [0.3, 0.4) is 0 Å². The van der Waals surface area contributed by atoms with Crippen molar-refractivity contribution in [3.05, 3.63) is 0 Å². The molecule has 2 aliphatic carbocycles. The summed E-state index contributed by atoms with van der Waals surface area (Å²) in [4.78, 5) is 27.0. The van der Waals surface area contributed by atoms with Crippen LogP contribution in [0.4, 0.5) is 0 Å². The van der Waals surface area contributed by atoms with E-state index in [0.717, 1.165) is 83.7 Å². The van der Waals surface area contributed by atoms with Crippen LogP contribution in [0.1, 0.15) is 123 Å². The lowest BCUT2D eigenvalue weighted by atomic mass is 9.75. The Balaban J connectivity index is 1.35.